The van der Waals surface area contributed by atoms with Crippen LogP contribution in [0.3, 0.4) is 0 Å². The molecule has 1 aliphatic rings. The topological polar surface area (TPSA) is 78.1 Å². The Morgan fingerprint density at radius 2 is 1.87 bits per heavy atom. The van der Waals surface area contributed by atoms with E-state index >= 15 is 0 Å². The van der Waals surface area contributed by atoms with Gasteiger partial charge in [0.05, 0.1) is 31.1 Å². The van der Waals surface area contributed by atoms with Gasteiger partial charge in [-0.2, -0.15) is 0 Å². The van der Waals surface area contributed by atoms with Crippen molar-refractivity contribution in [3.63, 3.8) is 0 Å². The number of thiophene rings is 1. The van der Waals surface area contributed by atoms with Gasteiger partial charge in [-0.1, -0.05) is 12.1 Å². The van der Waals surface area contributed by atoms with Gasteiger partial charge in [-0.15, -0.1) is 11.3 Å². The van der Waals surface area contributed by atoms with Gasteiger partial charge in [-0.3, -0.25) is 0 Å². The van der Waals surface area contributed by atoms with Gasteiger partial charge < -0.3 is 13.9 Å². The van der Waals surface area contributed by atoms with Gasteiger partial charge in [0, 0.05) is 10.4 Å². The summed E-state index contributed by atoms with van der Waals surface area (Å²) >= 11 is 1.56. The molecule has 1 aliphatic carbocycles. The lowest BCUT2D eigenvalue weighted by atomic mass is 9.95. The minimum absolute atomic E-state index is 0.306. The van der Waals surface area contributed by atoms with Crippen molar-refractivity contribution in [2.24, 2.45) is 4.99 Å². The fourth-order valence-corrected chi connectivity index (χ4v) is 4.87. The van der Waals surface area contributed by atoms with Gasteiger partial charge in [-0.05, 0) is 62.4 Å². The highest BCUT2D eigenvalue weighted by Crippen LogP contribution is 2.40. The van der Waals surface area contributed by atoms with Crippen molar-refractivity contribution >= 4 is 34.5 Å². The third-order valence-corrected chi connectivity index (χ3v) is 6.36. The second-order valence-electron chi connectivity index (χ2n) is 7.14. The number of furan rings is 1. The molecule has 7 heteroatoms. The number of hydrogen-bond donors (Lipinski definition) is 0. The summed E-state index contributed by atoms with van der Waals surface area (Å²) in [5.41, 5.74) is 3.01. The summed E-state index contributed by atoms with van der Waals surface area (Å²) in [7, 11) is 1.35. The predicted molar refractivity (Wildman–Crippen MR) is 120 cm³/mol. The molecule has 3 aromatic rings. The molecule has 4 rings (SSSR count). The SMILES string of the molecule is CCOC(=O)c1c(N=Cc2ccc(-c3ccc(C(=O)OC)cc3)o2)sc2c1CCCC2. The number of nitrogens with zero attached hydrogens (tertiary/aromatic N) is 1. The highest BCUT2D eigenvalue weighted by atomic mass is 32.1. The van der Waals surface area contributed by atoms with Crippen molar-refractivity contribution in [2.75, 3.05) is 13.7 Å². The van der Waals surface area contributed by atoms with E-state index < -0.39 is 0 Å². The summed E-state index contributed by atoms with van der Waals surface area (Å²) in [6.07, 6.45) is 5.72. The number of fused-ring (bicyclic) bond motifs is 1. The molecular weight excluding hydrogens is 414 g/mol. The van der Waals surface area contributed by atoms with Crippen molar-refractivity contribution in [3.8, 4) is 11.3 Å². The average Bonchev–Trinajstić information content (AvgIpc) is 3.42. The lowest BCUT2D eigenvalue weighted by Gasteiger charge is -2.11. The number of carbonyl (C=O) groups excluding carboxylic acids is 2. The molecule has 2 aromatic heterocycles. The Hall–Kier alpha value is -3.19. The van der Waals surface area contributed by atoms with Crippen LogP contribution in [0.15, 0.2) is 45.8 Å². The molecule has 31 heavy (non-hydrogen) atoms. The second kappa shape index (κ2) is 9.31. The van der Waals surface area contributed by atoms with E-state index in [1.54, 1.807) is 41.8 Å². The molecule has 0 fully saturated rings. The van der Waals surface area contributed by atoms with Gasteiger partial charge in [0.25, 0.3) is 0 Å². The molecule has 0 aliphatic heterocycles. The monoisotopic (exact) mass is 437 g/mol. The van der Waals surface area contributed by atoms with Crippen molar-refractivity contribution in [3.05, 3.63) is 63.7 Å². The summed E-state index contributed by atoms with van der Waals surface area (Å²) in [6.45, 7) is 2.14. The maximum Gasteiger partial charge on any atom is 0.341 e. The maximum atomic E-state index is 12.6. The summed E-state index contributed by atoms with van der Waals surface area (Å²) in [5, 5.41) is 0.672. The summed E-state index contributed by atoms with van der Waals surface area (Å²) in [6, 6.07) is 10.7. The number of aryl methyl sites for hydroxylation is 1. The molecule has 0 unspecified atom stereocenters. The molecule has 0 atom stereocenters. The van der Waals surface area contributed by atoms with Crippen molar-refractivity contribution < 1.29 is 23.5 Å². The fourth-order valence-electron chi connectivity index (χ4n) is 3.64. The van der Waals surface area contributed by atoms with Crippen LogP contribution in [0.4, 0.5) is 5.00 Å². The first-order chi connectivity index (χ1) is 15.1. The van der Waals surface area contributed by atoms with Crippen molar-refractivity contribution in [2.45, 2.75) is 32.6 Å². The number of esters is 2. The molecule has 0 spiro atoms. The predicted octanol–water partition coefficient (Wildman–Crippen LogP) is 5.60. The zero-order valence-corrected chi connectivity index (χ0v) is 18.3. The van der Waals surface area contributed by atoms with Crippen LogP contribution < -0.4 is 0 Å². The standard InChI is InChI=1S/C24H23NO5S/c1-3-29-24(27)21-18-6-4-5-7-20(18)31-22(21)25-14-17-12-13-19(30-17)15-8-10-16(11-9-15)23(26)28-2/h8-14H,3-7H2,1-2H3. The number of rotatable bonds is 6. The van der Waals surface area contributed by atoms with Crippen LogP contribution in [0.1, 0.15) is 56.7 Å². The lowest BCUT2D eigenvalue weighted by Crippen LogP contribution is -2.09. The molecule has 0 bridgehead atoms. The van der Waals surface area contributed by atoms with E-state index in [-0.39, 0.29) is 11.9 Å². The van der Waals surface area contributed by atoms with Gasteiger partial charge in [0.2, 0.25) is 0 Å². The number of benzene rings is 1. The van der Waals surface area contributed by atoms with Crippen LogP contribution in [-0.2, 0) is 22.3 Å². The molecular formula is C24H23NO5S. The van der Waals surface area contributed by atoms with Crippen LogP contribution in [0, 0.1) is 0 Å². The van der Waals surface area contributed by atoms with Crippen LogP contribution >= 0.6 is 11.3 Å². The lowest BCUT2D eigenvalue weighted by molar-refractivity contribution is 0.0525. The molecule has 6 nitrogen and oxygen atoms in total. The van der Waals surface area contributed by atoms with Gasteiger partial charge in [0.15, 0.2) is 0 Å². The Bertz CT molecular complexity index is 1120. The van der Waals surface area contributed by atoms with Crippen LogP contribution in [0.25, 0.3) is 11.3 Å². The van der Waals surface area contributed by atoms with E-state index in [1.165, 1.54) is 12.0 Å². The quantitative estimate of drug-likeness (QED) is 0.370. The normalized spacial score (nSPS) is 13.2. The summed E-state index contributed by atoms with van der Waals surface area (Å²) < 4.78 is 15.9. The maximum absolute atomic E-state index is 12.6. The Balaban J connectivity index is 1.57. The third-order valence-electron chi connectivity index (χ3n) is 5.16. The summed E-state index contributed by atoms with van der Waals surface area (Å²) in [5.74, 6) is 0.553. The molecule has 0 radical (unpaired) electrons. The smallest absolute Gasteiger partial charge is 0.341 e. The number of methoxy groups -OCH3 is 1. The molecule has 1 aromatic carbocycles. The van der Waals surface area contributed by atoms with E-state index in [9.17, 15) is 9.59 Å². The van der Waals surface area contributed by atoms with Crippen molar-refractivity contribution in [1.29, 1.82) is 0 Å². The Morgan fingerprint density at radius 1 is 1.10 bits per heavy atom. The first kappa shape index (κ1) is 21.1. The minimum Gasteiger partial charge on any atom is -0.465 e. The molecule has 160 valence electrons. The van der Waals surface area contributed by atoms with E-state index in [4.69, 9.17) is 13.9 Å². The minimum atomic E-state index is -0.380. The highest BCUT2D eigenvalue weighted by molar-refractivity contribution is 7.16. The zero-order chi connectivity index (χ0) is 21.8. The average molecular weight is 438 g/mol. The van der Waals surface area contributed by atoms with Crippen LogP contribution in [-0.4, -0.2) is 31.9 Å². The number of carbonyl (C=O) groups is 2. The van der Waals surface area contributed by atoms with E-state index in [1.807, 2.05) is 19.1 Å². The second-order valence-corrected chi connectivity index (χ2v) is 8.22. The van der Waals surface area contributed by atoms with Crippen LogP contribution in [0.5, 0.6) is 0 Å². The molecule has 2 heterocycles. The first-order valence-electron chi connectivity index (χ1n) is 10.2. The highest BCUT2D eigenvalue weighted by Gasteiger charge is 2.26. The van der Waals surface area contributed by atoms with E-state index in [0.29, 0.717) is 34.3 Å². The first-order valence-corrected chi connectivity index (χ1v) is 11.1. The Kier molecular flexibility index (Phi) is 6.32. The largest absolute Gasteiger partial charge is 0.465 e. The molecule has 0 saturated carbocycles. The zero-order valence-electron chi connectivity index (χ0n) is 17.5. The van der Waals surface area contributed by atoms with E-state index in [0.717, 1.165) is 36.8 Å². The molecule has 0 N–H and O–H groups in total. The Morgan fingerprint density at radius 3 is 2.61 bits per heavy atom. The number of aliphatic imine (C=N–C) groups is 1. The fraction of sp³-hybridized carbons (Fsp3) is 0.292. The van der Waals surface area contributed by atoms with Gasteiger partial charge >= 0.3 is 11.9 Å². The van der Waals surface area contributed by atoms with Crippen LogP contribution in [0.2, 0.25) is 0 Å². The van der Waals surface area contributed by atoms with Crippen molar-refractivity contribution in [1.82, 2.24) is 0 Å². The van der Waals surface area contributed by atoms with E-state index in [2.05, 4.69) is 4.99 Å². The summed E-state index contributed by atoms with van der Waals surface area (Å²) in [4.78, 5) is 29.9. The molecule has 0 saturated heterocycles. The van der Waals surface area contributed by atoms with Gasteiger partial charge in [-0.25, -0.2) is 14.6 Å². The number of ether oxygens (including phenoxy) is 2. The molecule has 0 amide bonds. The third kappa shape index (κ3) is 4.46. The number of hydrogen-bond acceptors (Lipinski definition) is 7. The van der Waals surface area contributed by atoms with Gasteiger partial charge in [0.1, 0.15) is 16.5 Å². The Labute approximate surface area is 184 Å².